The van der Waals surface area contributed by atoms with Gasteiger partial charge in [-0.3, -0.25) is 4.79 Å². The maximum absolute atomic E-state index is 12.5. The first-order valence-corrected chi connectivity index (χ1v) is 11.1. The minimum Gasteiger partial charge on any atom is -0.461 e. The minimum absolute atomic E-state index is 0.287. The molecule has 0 bridgehead atoms. The van der Waals surface area contributed by atoms with Gasteiger partial charge in [-0.25, -0.2) is 9.78 Å². The molecular weight excluding hydrogens is 432 g/mol. The van der Waals surface area contributed by atoms with Crippen LogP contribution in [0.15, 0.2) is 53.6 Å². The molecule has 162 valence electrons. The maximum atomic E-state index is 12.5. The molecule has 2 aromatic carbocycles. The number of carbonyl (C=O) groups is 2. The van der Waals surface area contributed by atoms with Gasteiger partial charge in [-0.2, -0.15) is 0 Å². The monoisotopic (exact) mass is 456 g/mol. The van der Waals surface area contributed by atoms with E-state index in [9.17, 15) is 9.59 Å². The zero-order chi connectivity index (χ0) is 22.4. The summed E-state index contributed by atoms with van der Waals surface area (Å²) in [6.45, 7) is 4.65. The lowest BCUT2D eigenvalue weighted by Crippen LogP contribution is -2.15. The summed E-state index contributed by atoms with van der Waals surface area (Å²) in [5.41, 5.74) is 3.51. The van der Waals surface area contributed by atoms with Gasteiger partial charge in [0.05, 0.1) is 6.61 Å². The molecule has 0 atom stereocenters. The first-order valence-electron chi connectivity index (χ1n) is 10.3. The van der Waals surface area contributed by atoms with Crippen molar-refractivity contribution < 1.29 is 14.3 Å². The smallest absolute Gasteiger partial charge is 0.357 e. The lowest BCUT2D eigenvalue weighted by Gasteiger charge is -2.13. The third-order valence-electron chi connectivity index (χ3n) is 5.00. The van der Waals surface area contributed by atoms with Crippen molar-refractivity contribution in [2.45, 2.75) is 44.7 Å². The van der Waals surface area contributed by atoms with Gasteiger partial charge in [0, 0.05) is 18.5 Å². The number of halogens is 1. The molecule has 1 aromatic heterocycles. The summed E-state index contributed by atoms with van der Waals surface area (Å²) in [5.74, 6) is 0.394. The van der Waals surface area contributed by atoms with E-state index in [0.717, 1.165) is 41.8 Å². The van der Waals surface area contributed by atoms with E-state index in [4.69, 9.17) is 16.3 Å². The second-order valence-electron chi connectivity index (χ2n) is 7.13. The highest BCUT2D eigenvalue weighted by Gasteiger charge is 2.22. The van der Waals surface area contributed by atoms with Gasteiger partial charge in [-0.15, -0.1) is 12.6 Å². The Kier molecular flexibility index (Phi) is 7.93. The summed E-state index contributed by atoms with van der Waals surface area (Å²) in [6.07, 6.45) is 2.75. The molecule has 0 aliphatic rings. The summed E-state index contributed by atoms with van der Waals surface area (Å²) in [6, 6.07) is 15.1. The number of hydrogen-bond acceptors (Lipinski definition) is 5. The number of carbonyl (C=O) groups excluding carboxylic acids is 2. The fourth-order valence-corrected chi connectivity index (χ4v) is 3.95. The van der Waals surface area contributed by atoms with E-state index < -0.39 is 11.2 Å². The number of ether oxygens (including phenoxy) is 1. The van der Waals surface area contributed by atoms with Crippen molar-refractivity contribution in [2.75, 3.05) is 6.61 Å². The molecule has 5 nitrogen and oxygen atoms in total. The fraction of sp³-hybridized carbons (Fsp3) is 0.292. The van der Waals surface area contributed by atoms with E-state index in [1.54, 1.807) is 19.1 Å². The van der Waals surface area contributed by atoms with E-state index in [2.05, 4.69) is 24.5 Å². The number of esters is 1. The van der Waals surface area contributed by atoms with Crippen LogP contribution < -0.4 is 0 Å². The van der Waals surface area contributed by atoms with Crippen LogP contribution in [0.25, 0.3) is 11.1 Å². The molecule has 0 aliphatic carbocycles. The molecule has 0 unspecified atom stereocenters. The van der Waals surface area contributed by atoms with Crippen LogP contribution >= 0.6 is 24.2 Å². The zero-order valence-corrected chi connectivity index (χ0v) is 19.2. The predicted molar refractivity (Wildman–Crippen MR) is 125 cm³/mol. The maximum Gasteiger partial charge on any atom is 0.357 e. The molecule has 3 aromatic rings. The van der Waals surface area contributed by atoms with E-state index in [0.29, 0.717) is 22.8 Å². The molecule has 0 N–H and O–H groups in total. The third kappa shape index (κ3) is 5.38. The minimum atomic E-state index is -0.487. The Morgan fingerprint density at radius 3 is 2.45 bits per heavy atom. The number of hydrogen-bond donors (Lipinski definition) is 1. The van der Waals surface area contributed by atoms with Gasteiger partial charge in [-0.1, -0.05) is 55.8 Å². The number of thiol groups is 1. The molecule has 0 saturated heterocycles. The van der Waals surface area contributed by atoms with Gasteiger partial charge in [0.25, 0.3) is 5.24 Å². The lowest BCUT2D eigenvalue weighted by molar-refractivity contribution is 0.0509. The van der Waals surface area contributed by atoms with Gasteiger partial charge >= 0.3 is 5.97 Å². The van der Waals surface area contributed by atoms with E-state index in [1.807, 2.05) is 41.0 Å². The Balaban J connectivity index is 1.94. The van der Waals surface area contributed by atoms with Crippen LogP contribution in [0.5, 0.6) is 0 Å². The topological polar surface area (TPSA) is 61.2 Å². The van der Waals surface area contributed by atoms with Crippen molar-refractivity contribution in [1.82, 2.24) is 9.55 Å². The Bertz CT molecular complexity index is 1080. The van der Waals surface area contributed by atoms with Crippen LogP contribution in [0.2, 0.25) is 0 Å². The van der Waals surface area contributed by atoms with Crippen molar-refractivity contribution in [3.8, 4) is 11.1 Å². The predicted octanol–water partition coefficient (Wildman–Crippen LogP) is 5.79. The largest absolute Gasteiger partial charge is 0.461 e. The Hall–Kier alpha value is -2.57. The number of benzene rings is 2. The molecule has 1 heterocycles. The first kappa shape index (κ1) is 23.1. The molecule has 0 radical (unpaired) electrons. The van der Waals surface area contributed by atoms with Crippen molar-refractivity contribution in [2.24, 2.45) is 0 Å². The average Bonchev–Trinajstić information content (AvgIpc) is 3.07. The Labute approximate surface area is 192 Å². The number of imidazole rings is 1. The van der Waals surface area contributed by atoms with Crippen molar-refractivity contribution in [3.05, 3.63) is 71.2 Å². The van der Waals surface area contributed by atoms with Crippen LogP contribution in [0, 0.1) is 0 Å². The number of unbranched alkanes of at least 4 members (excludes halogenated alkanes) is 1. The molecule has 0 saturated carbocycles. The van der Waals surface area contributed by atoms with Crippen LogP contribution in [-0.4, -0.2) is 27.4 Å². The summed E-state index contributed by atoms with van der Waals surface area (Å²) >= 11 is 10.2. The number of aromatic nitrogens is 2. The Morgan fingerprint density at radius 1 is 1.10 bits per heavy atom. The van der Waals surface area contributed by atoms with Crippen LogP contribution in [0.4, 0.5) is 0 Å². The number of nitrogens with zero attached hydrogens (tertiary/aromatic N) is 2. The fourth-order valence-electron chi connectivity index (χ4n) is 3.46. The van der Waals surface area contributed by atoms with E-state index in [1.165, 1.54) is 0 Å². The summed E-state index contributed by atoms with van der Waals surface area (Å²) < 4.78 is 7.11. The molecule has 0 amide bonds. The SMILES string of the molecule is CCCCc1nc(S)c(C(=O)OCC)n1Cc1ccc(-c2ccccc2C(=O)Cl)cc1. The van der Waals surface area contributed by atoms with Gasteiger partial charge in [0.15, 0.2) is 5.69 Å². The number of rotatable bonds is 9. The highest BCUT2D eigenvalue weighted by molar-refractivity contribution is 7.80. The molecular formula is C24H25ClN2O3S. The molecule has 7 heteroatoms. The average molecular weight is 457 g/mol. The van der Waals surface area contributed by atoms with Crippen molar-refractivity contribution >= 4 is 35.4 Å². The highest BCUT2D eigenvalue weighted by atomic mass is 35.5. The summed E-state index contributed by atoms with van der Waals surface area (Å²) in [4.78, 5) is 28.8. The van der Waals surface area contributed by atoms with Crippen molar-refractivity contribution in [1.29, 1.82) is 0 Å². The lowest BCUT2D eigenvalue weighted by atomic mass is 9.99. The molecule has 0 aliphatic heterocycles. The zero-order valence-electron chi connectivity index (χ0n) is 17.6. The van der Waals surface area contributed by atoms with Gasteiger partial charge in [-0.05, 0) is 47.7 Å². The third-order valence-corrected chi connectivity index (χ3v) is 5.51. The van der Waals surface area contributed by atoms with Crippen LogP contribution in [-0.2, 0) is 17.7 Å². The Morgan fingerprint density at radius 2 is 1.81 bits per heavy atom. The van der Waals surface area contributed by atoms with Crippen LogP contribution in [0.1, 0.15) is 58.9 Å². The van der Waals surface area contributed by atoms with Gasteiger partial charge in [0.1, 0.15) is 10.9 Å². The van der Waals surface area contributed by atoms with Gasteiger partial charge < -0.3 is 9.30 Å². The van der Waals surface area contributed by atoms with Crippen LogP contribution in [0.3, 0.4) is 0 Å². The molecule has 3 rings (SSSR count). The summed E-state index contributed by atoms with van der Waals surface area (Å²) in [5, 5.41) is -0.102. The van der Waals surface area contributed by atoms with E-state index in [-0.39, 0.29) is 6.61 Å². The van der Waals surface area contributed by atoms with Crippen molar-refractivity contribution in [3.63, 3.8) is 0 Å². The second-order valence-corrected chi connectivity index (χ2v) is 7.89. The quantitative estimate of drug-likeness (QED) is 0.251. The standard InChI is InChI=1S/C24H25ClN2O3S/c1-3-5-10-20-26-23(31)21(24(29)30-4-2)27(20)15-16-11-13-17(14-12-16)18-8-6-7-9-19(18)22(25)28/h6-9,11-14,31H,3-5,10,15H2,1-2H3. The molecule has 0 spiro atoms. The first-order chi connectivity index (χ1) is 15.0. The molecule has 0 fully saturated rings. The van der Waals surface area contributed by atoms with Gasteiger partial charge in [0.2, 0.25) is 0 Å². The number of aryl methyl sites for hydroxylation is 1. The second kappa shape index (κ2) is 10.6. The van der Waals surface area contributed by atoms with E-state index >= 15 is 0 Å². The normalized spacial score (nSPS) is 10.8. The summed E-state index contributed by atoms with van der Waals surface area (Å²) in [7, 11) is 0. The molecule has 31 heavy (non-hydrogen) atoms. The highest BCUT2D eigenvalue weighted by Crippen LogP contribution is 2.26.